The number of aryl methyl sites for hydroxylation is 1. The van der Waals surface area contributed by atoms with E-state index in [-0.39, 0.29) is 5.82 Å². The zero-order valence-corrected chi connectivity index (χ0v) is 11.4. The highest BCUT2D eigenvalue weighted by molar-refractivity contribution is 7.15. The number of fused-ring (bicyclic) bond motifs is 1. The van der Waals surface area contributed by atoms with E-state index in [2.05, 4.69) is 14.8 Å². The number of aromatic nitrogens is 2. The molecular formula is C14H14FN3S. The van der Waals surface area contributed by atoms with Crippen LogP contribution in [-0.4, -0.2) is 15.9 Å². The van der Waals surface area contributed by atoms with Gasteiger partial charge in [0.1, 0.15) is 5.82 Å². The molecule has 19 heavy (non-hydrogen) atoms. The van der Waals surface area contributed by atoms with Crippen molar-refractivity contribution in [1.82, 2.24) is 9.38 Å². The smallest absolute Gasteiger partial charge is 0.194 e. The van der Waals surface area contributed by atoms with Gasteiger partial charge in [-0.05, 0) is 37.2 Å². The maximum absolute atomic E-state index is 13.3. The van der Waals surface area contributed by atoms with Crippen LogP contribution in [0.15, 0.2) is 29.8 Å². The van der Waals surface area contributed by atoms with E-state index in [1.54, 1.807) is 24.3 Å². The fourth-order valence-corrected chi connectivity index (χ4v) is 3.01. The summed E-state index contributed by atoms with van der Waals surface area (Å²) in [7, 11) is 0. The number of imidazole rings is 1. The maximum Gasteiger partial charge on any atom is 0.194 e. The molecule has 0 radical (unpaired) electrons. The Morgan fingerprint density at radius 3 is 3.00 bits per heavy atom. The van der Waals surface area contributed by atoms with Gasteiger partial charge in [0, 0.05) is 29.3 Å². The van der Waals surface area contributed by atoms with Gasteiger partial charge in [-0.25, -0.2) is 9.37 Å². The van der Waals surface area contributed by atoms with Crippen LogP contribution in [-0.2, 0) is 6.42 Å². The lowest BCUT2D eigenvalue weighted by Crippen LogP contribution is -2.04. The number of rotatable bonds is 3. The first-order valence-corrected chi connectivity index (χ1v) is 6.99. The Labute approximate surface area is 114 Å². The minimum Gasteiger partial charge on any atom is -0.330 e. The average Bonchev–Trinajstić information content (AvgIpc) is 2.95. The highest BCUT2D eigenvalue weighted by Gasteiger charge is 2.10. The molecular weight excluding hydrogens is 261 g/mol. The number of nitrogens with two attached hydrogens (primary N) is 1. The van der Waals surface area contributed by atoms with Gasteiger partial charge in [-0.1, -0.05) is 0 Å². The predicted molar refractivity (Wildman–Crippen MR) is 76.0 cm³/mol. The fourth-order valence-electron chi connectivity index (χ4n) is 2.10. The molecule has 0 bridgehead atoms. The largest absolute Gasteiger partial charge is 0.330 e. The third-order valence-electron chi connectivity index (χ3n) is 3.14. The van der Waals surface area contributed by atoms with Crippen LogP contribution in [0.5, 0.6) is 0 Å². The first kappa shape index (κ1) is 12.3. The van der Waals surface area contributed by atoms with Gasteiger partial charge in [0.15, 0.2) is 4.96 Å². The van der Waals surface area contributed by atoms with Crippen molar-refractivity contribution < 1.29 is 4.39 Å². The second-order valence-corrected chi connectivity index (χ2v) is 5.34. The number of hydrogen-bond donors (Lipinski definition) is 1. The van der Waals surface area contributed by atoms with Crippen molar-refractivity contribution >= 4 is 16.3 Å². The van der Waals surface area contributed by atoms with Gasteiger partial charge in [-0.15, -0.1) is 11.3 Å². The van der Waals surface area contributed by atoms with Crippen LogP contribution >= 0.6 is 11.3 Å². The molecule has 98 valence electrons. The molecule has 0 unspecified atom stereocenters. The van der Waals surface area contributed by atoms with Crippen LogP contribution in [0.4, 0.5) is 4.39 Å². The molecule has 3 aromatic rings. The van der Waals surface area contributed by atoms with Crippen molar-refractivity contribution in [3.05, 3.63) is 46.9 Å². The molecule has 0 spiro atoms. The van der Waals surface area contributed by atoms with Crippen molar-refractivity contribution in [2.24, 2.45) is 5.73 Å². The van der Waals surface area contributed by atoms with Crippen LogP contribution < -0.4 is 5.73 Å². The standard InChI is InChI=1S/C14H14FN3S/c1-9-6-10(2-3-12(9)15)13-7-18-11(4-5-16)8-19-14(18)17-13/h2-3,6-8H,4-5,16H2,1H3. The minimum atomic E-state index is -0.186. The van der Waals surface area contributed by atoms with Crippen molar-refractivity contribution in [2.45, 2.75) is 13.3 Å². The zero-order chi connectivity index (χ0) is 13.4. The van der Waals surface area contributed by atoms with Crippen molar-refractivity contribution in [2.75, 3.05) is 6.54 Å². The third-order valence-corrected chi connectivity index (χ3v) is 4.03. The lowest BCUT2D eigenvalue weighted by atomic mass is 10.1. The molecule has 0 saturated heterocycles. The van der Waals surface area contributed by atoms with Crippen LogP contribution in [0.2, 0.25) is 0 Å². The number of benzene rings is 1. The van der Waals surface area contributed by atoms with Gasteiger partial charge in [-0.2, -0.15) is 0 Å². The Balaban J connectivity index is 2.07. The monoisotopic (exact) mass is 275 g/mol. The summed E-state index contributed by atoms with van der Waals surface area (Å²) in [6.45, 7) is 2.38. The molecule has 2 N–H and O–H groups in total. The lowest BCUT2D eigenvalue weighted by Gasteiger charge is -2.00. The van der Waals surface area contributed by atoms with E-state index < -0.39 is 0 Å². The summed E-state index contributed by atoms with van der Waals surface area (Å²) in [5.74, 6) is -0.186. The topological polar surface area (TPSA) is 43.3 Å². The quantitative estimate of drug-likeness (QED) is 0.798. The Kier molecular flexibility index (Phi) is 3.08. The molecule has 0 amide bonds. The molecule has 5 heteroatoms. The minimum absolute atomic E-state index is 0.186. The Hall–Kier alpha value is -1.72. The molecule has 0 aliphatic heterocycles. The van der Waals surface area contributed by atoms with Crippen molar-refractivity contribution in [1.29, 1.82) is 0 Å². The third kappa shape index (κ3) is 2.15. The summed E-state index contributed by atoms with van der Waals surface area (Å²) < 4.78 is 15.3. The van der Waals surface area contributed by atoms with Crippen LogP contribution in [0.25, 0.3) is 16.2 Å². The average molecular weight is 275 g/mol. The first-order valence-electron chi connectivity index (χ1n) is 6.11. The van der Waals surface area contributed by atoms with Crippen molar-refractivity contribution in [3.8, 4) is 11.3 Å². The van der Waals surface area contributed by atoms with Crippen molar-refractivity contribution in [3.63, 3.8) is 0 Å². The molecule has 0 atom stereocenters. The summed E-state index contributed by atoms with van der Waals surface area (Å²) in [5, 5.41) is 2.08. The predicted octanol–water partition coefficient (Wildman–Crippen LogP) is 3.01. The molecule has 0 fully saturated rings. The second kappa shape index (κ2) is 4.75. The van der Waals surface area contributed by atoms with E-state index in [4.69, 9.17) is 5.73 Å². The number of hydrogen-bond acceptors (Lipinski definition) is 3. The van der Waals surface area contributed by atoms with Gasteiger partial charge in [0.05, 0.1) is 5.69 Å². The Bertz CT molecular complexity index is 729. The first-order chi connectivity index (χ1) is 9.19. The van der Waals surface area contributed by atoms with Crippen LogP contribution in [0, 0.1) is 12.7 Å². The summed E-state index contributed by atoms with van der Waals surface area (Å²) in [5.41, 5.74) is 9.20. The van der Waals surface area contributed by atoms with Crippen LogP contribution in [0.1, 0.15) is 11.3 Å². The molecule has 2 aromatic heterocycles. The second-order valence-electron chi connectivity index (χ2n) is 4.51. The van der Waals surface area contributed by atoms with Crippen LogP contribution in [0.3, 0.4) is 0 Å². The van der Waals surface area contributed by atoms with E-state index in [1.165, 1.54) is 11.8 Å². The van der Waals surface area contributed by atoms with E-state index >= 15 is 0 Å². The van der Waals surface area contributed by atoms with E-state index in [0.717, 1.165) is 22.6 Å². The van der Waals surface area contributed by atoms with Gasteiger partial charge < -0.3 is 5.73 Å². The Morgan fingerprint density at radius 1 is 1.42 bits per heavy atom. The van der Waals surface area contributed by atoms with E-state index in [9.17, 15) is 4.39 Å². The molecule has 0 aliphatic rings. The molecule has 1 aromatic carbocycles. The normalized spacial score (nSPS) is 11.3. The van der Waals surface area contributed by atoms with Gasteiger partial charge >= 0.3 is 0 Å². The summed E-state index contributed by atoms with van der Waals surface area (Å²) >= 11 is 1.60. The number of halogens is 1. The number of thiazole rings is 1. The highest BCUT2D eigenvalue weighted by atomic mass is 32.1. The summed E-state index contributed by atoms with van der Waals surface area (Å²) in [4.78, 5) is 5.52. The van der Waals surface area contributed by atoms with Gasteiger partial charge in [0.2, 0.25) is 0 Å². The van der Waals surface area contributed by atoms with E-state index in [0.29, 0.717) is 12.1 Å². The fraction of sp³-hybridized carbons (Fsp3) is 0.214. The highest BCUT2D eigenvalue weighted by Crippen LogP contribution is 2.25. The summed E-state index contributed by atoms with van der Waals surface area (Å²) in [6, 6.07) is 5.07. The van der Waals surface area contributed by atoms with Gasteiger partial charge in [-0.3, -0.25) is 4.40 Å². The zero-order valence-electron chi connectivity index (χ0n) is 10.6. The Morgan fingerprint density at radius 2 is 2.26 bits per heavy atom. The van der Waals surface area contributed by atoms with E-state index in [1.807, 2.05) is 12.3 Å². The molecule has 0 aliphatic carbocycles. The SMILES string of the molecule is Cc1cc(-c2cn3c(CCN)csc3n2)ccc1F. The summed E-state index contributed by atoms with van der Waals surface area (Å²) in [6.07, 6.45) is 2.82. The maximum atomic E-state index is 13.3. The molecule has 3 rings (SSSR count). The lowest BCUT2D eigenvalue weighted by molar-refractivity contribution is 0.619. The van der Waals surface area contributed by atoms with Gasteiger partial charge in [0.25, 0.3) is 0 Å². The molecule has 0 saturated carbocycles. The molecule has 3 nitrogen and oxygen atoms in total. The molecule has 2 heterocycles. The number of nitrogens with zero attached hydrogens (tertiary/aromatic N) is 2.